The van der Waals surface area contributed by atoms with E-state index in [1.54, 1.807) is 6.92 Å². The minimum Gasteiger partial charge on any atom is -0.493 e. The summed E-state index contributed by atoms with van der Waals surface area (Å²) in [5.41, 5.74) is -0.0664. The fraction of sp³-hybridized carbons (Fsp3) is 0.652. The molecule has 0 unspecified atom stereocenters. The van der Waals surface area contributed by atoms with Crippen molar-refractivity contribution in [2.75, 3.05) is 13.7 Å². The molecule has 8 nitrogen and oxygen atoms in total. The predicted octanol–water partition coefficient (Wildman–Crippen LogP) is 3.85. The largest absolute Gasteiger partial charge is 0.493 e. The summed E-state index contributed by atoms with van der Waals surface area (Å²) < 4.78 is 21.8. The average Bonchev–Trinajstić information content (AvgIpc) is 2.69. The van der Waals surface area contributed by atoms with Crippen molar-refractivity contribution in [2.45, 2.75) is 67.1 Å². The van der Waals surface area contributed by atoms with Gasteiger partial charge in [0.15, 0.2) is 17.2 Å². The van der Waals surface area contributed by atoms with Crippen LogP contribution in [-0.2, 0) is 19.1 Å². The third-order valence-corrected chi connectivity index (χ3v) is 4.56. The molecule has 0 aliphatic carbocycles. The molecule has 1 heterocycles. The zero-order chi connectivity index (χ0) is 23.7. The molecular formula is C23H35NO7. The third-order valence-electron chi connectivity index (χ3n) is 4.56. The summed E-state index contributed by atoms with van der Waals surface area (Å²) in [6.07, 6.45) is 0.518. The highest BCUT2D eigenvalue weighted by Crippen LogP contribution is 2.31. The van der Waals surface area contributed by atoms with E-state index in [-0.39, 0.29) is 35.6 Å². The van der Waals surface area contributed by atoms with Crippen LogP contribution in [0.5, 0.6) is 11.5 Å². The maximum Gasteiger partial charge on any atom is 0.309 e. The molecule has 1 rings (SSSR count). The van der Waals surface area contributed by atoms with Crippen molar-refractivity contribution in [1.82, 2.24) is 4.98 Å². The highest BCUT2D eigenvalue weighted by molar-refractivity contribution is 5.99. The molecule has 1 aromatic heterocycles. The lowest BCUT2D eigenvalue weighted by molar-refractivity contribution is -0.165. The van der Waals surface area contributed by atoms with Gasteiger partial charge >= 0.3 is 11.9 Å². The Labute approximate surface area is 184 Å². The van der Waals surface area contributed by atoms with Crippen LogP contribution in [-0.4, -0.2) is 48.6 Å². The van der Waals surface area contributed by atoms with Gasteiger partial charge in [-0.05, 0) is 18.8 Å². The third kappa shape index (κ3) is 8.28. The molecule has 0 fully saturated rings. The van der Waals surface area contributed by atoms with Crippen LogP contribution in [0.2, 0.25) is 0 Å². The van der Waals surface area contributed by atoms with E-state index in [4.69, 9.17) is 18.9 Å². The Morgan fingerprint density at radius 1 is 1.06 bits per heavy atom. The van der Waals surface area contributed by atoms with Gasteiger partial charge in [0, 0.05) is 32.2 Å². The predicted molar refractivity (Wildman–Crippen MR) is 115 cm³/mol. The minimum absolute atomic E-state index is 0.0460. The highest BCUT2D eigenvalue weighted by atomic mass is 16.6. The van der Waals surface area contributed by atoms with Gasteiger partial charge in [-0.1, -0.05) is 34.6 Å². The molecule has 0 amide bonds. The Balaban J connectivity index is 2.90. The fourth-order valence-electron chi connectivity index (χ4n) is 2.95. The second-order valence-electron chi connectivity index (χ2n) is 8.39. The van der Waals surface area contributed by atoms with Gasteiger partial charge in [-0.2, -0.15) is 0 Å². The zero-order valence-electron chi connectivity index (χ0n) is 19.8. The summed E-state index contributed by atoms with van der Waals surface area (Å²) in [6.45, 7) is 13.3. The van der Waals surface area contributed by atoms with Crippen LogP contribution in [0.1, 0.15) is 65.4 Å². The monoisotopic (exact) mass is 437 g/mol. The van der Waals surface area contributed by atoms with Crippen LogP contribution in [0.15, 0.2) is 12.3 Å². The maximum atomic E-state index is 12.8. The molecule has 0 spiro atoms. The first kappa shape index (κ1) is 26.6. The number of carbonyl (C=O) groups excluding carboxylic acids is 3. The van der Waals surface area contributed by atoms with Crippen LogP contribution in [0.3, 0.4) is 0 Å². The summed E-state index contributed by atoms with van der Waals surface area (Å²) in [4.78, 5) is 41.0. The smallest absolute Gasteiger partial charge is 0.309 e. The van der Waals surface area contributed by atoms with Gasteiger partial charge in [0.2, 0.25) is 5.75 Å². The first-order chi connectivity index (χ1) is 14.5. The second-order valence-corrected chi connectivity index (χ2v) is 8.39. The number of ether oxygens (including phenoxy) is 4. The van der Waals surface area contributed by atoms with Crippen molar-refractivity contribution < 1.29 is 33.3 Å². The molecule has 31 heavy (non-hydrogen) atoms. The van der Waals surface area contributed by atoms with E-state index in [9.17, 15) is 14.4 Å². The molecule has 3 atom stereocenters. The van der Waals surface area contributed by atoms with E-state index >= 15 is 0 Å². The van der Waals surface area contributed by atoms with Crippen LogP contribution in [0, 0.1) is 17.8 Å². The van der Waals surface area contributed by atoms with Crippen LogP contribution in [0.25, 0.3) is 0 Å². The van der Waals surface area contributed by atoms with Crippen molar-refractivity contribution in [3.8, 4) is 11.5 Å². The summed E-state index contributed by atoms with van der Waals surface area (Å²) >= 11 is 0. The van der Waals surface area contributed by atoms with E-state index in [2.05, 4.69) is 4.98 Å². The standard InChI is InChI=1S/C23H35NO7/c1-13(2)12-29-16(6)21(14(3)4)31-23(27)15(5)11-18(26)20-22(30-17(7)25)19(28-8)9-10-24-20/h9-10,13-16,21H,11-12H2,1-8H3/t15-,16+,21-/m1/s1. The number of Topliss-reactive ketones (excluding diaryl/α,β-unsaturated/α-hetero) is 1. The number of carbonyl (C=O) groups is 3. The van der Waals surface area contributed by atoms with Gasteiger partial charge in [0.05, 0.1) is 19.1 Å². The number of methoxy groups -OCH3 is 1. The molecule has 0 N–H and O–H groups in total. The molecule has 0 bridgehead atoms. The van der Waals surface area contributed by atoms with E-state index < -0.39 is 29.7 Å². The van der Waals surface area contributed by atoms with Crippen molar-refractivity contribution in [3.05, 3.63) is 18.0 Å². The number of ketones is 1. The van der Waals surface area contributed by atoms with Crippen LogP contribution < -0.4 is 9.47 Å². The molecule has 8 heteroatoms. The zero-order valence-corrected chi connectivity index (χ0v) is 19.8. The van der Waals surface area contributed by atoms with E-state index in [0.29, 0.717) is 12.5 Å². The van der Waals surface area contributed by atoms with Crippen LogP contribution >= 0.6 is 0 Å². The number of hydrogen-bond donors (Lipinski definition) is 0. The molecule has 174 valence electrons. The number of nitrogens with zero attached hydrogens (tertiary/aromatic N) is 1. The highest BCUT2D eigenvalue weighted by Gasteiger charge is 2.30. The lowest BCUT2D eigenvalue weighted by atomic mass is 10.00. The average molecular weight is 438 g/mol. The first-order valence-corrected chi connectivity index (χ1v) is 10.5. The Kier molecular flexibility index (Phi) is 10.6. The van der Waals surface area contributed by atoms with Crippen molar-refractivity contribution in [1.29, 1.82) is 0 Å². The van der Waals surface area contributed by atoms with Gasteiger partial charge in [0.1, 0.15) is 6.10 Å². The minimum atomic E-state index is -0.718. The number of hydrogen-bond acceptors (Lipinski definition) is 8. The van der Waals surface area contributed by atoms with E-state index in [1.807, 2.05) is 34.6 Å². The number of esters is 2. The summed E-state index contributed by atoms with van der Waals surface area (Å²) in [7, 11) is 1.39. The number of aromatic nitrogens is 1. The first-order valence-electron chi connectivity index (χ1n) is 10.5. The maximum absolute atomic E-state index is 12.8. The summed E-state index contributed by atoms with van der Waals surface area (Å²) in [5.74, 6) is -1.71. The lowest BCUT2D eigenvalue weighted by Crippen LogP contribution is -2.38. The van der Waals surface area contributed by atoms with Gasteiger partial charge in [0.25, 0.3) is 0 Å². The lowest BCUT2D eigenvalue weighted by Gasteiger charge is -2.29. The molecule has 0 saturated carbocycles. The SMILES string of the molecule is COc1ccnc(C(=O)C[C@@H](C)C(=O)O[C@H](C(C)C)[C@H](C)OCC(C)C)c1OC(C)=O. The molecule has 0 aromatic carbocycles. The van der Waals surface area contributed by atoms with Crippen molar-refractivity contribution >= 4 is 17.7 Å². The van der Waals surface area contributed by atoms with Gasteiger partial charge in [-0.3, -0.25) is 14.4 Å². The van der Waals surface area contributed by atoms with Crippen molar-refractivity contribution in [3.63, 3.8) is 0 Å². The van der Waals surface area contributed by atoms with Crippen LogP contribution in [0.4, 0.5) is 0 Å². The molecule has 0 radical (unpaired) electrons. The van der Waals surface area contributed by atoms with E-state index in [1.165, 1.54) is 26.3 Å². The Hall–Kier alpha value is -2.48. The Bertz CT molecular complexity index is 760. The number of pyridine rings is 1. The van der Waals surface area contributed by atoms with E-state index in [0.717, 1.165) is 0 Å². The summed E-state index contributed by atoms with van der Waals surface area (Å²) in [6, 6.07) is 1.48. The van der Waals surface area contributed by atoms with Crippen molar-refractivity contribution in [2.24, 2.45) is 17.8 Å². The summed E-state index contributed by atoms with van der Waals surface area (Å²) in [5, 5.41) is 0. The Morgan fingerprint density at radius 3 is 2.23 bits per heavy atom. The van der Waals surface area contributed by atoms with Gasteiger partial charge in [-0.25, -0.2) is 4.98 Å². The molecule has 0 aliphatic rings. The topological polar surface area (TPSA) is 101 Å². The molecule has 0 aliphatic heterocycles. The number of rotatable bonds is 12. The molecule has 0 saturated heterocycles. The Morgan fingerprint density at radius 2 is 1.71 bits per heavy atom. The molecular weight excluding hydrogens is 402 g/mol. The van der Waals surface area contributed by atoms with Gasteiger partial charge < -0.3 is 18.9 Å². The quantitative estimate of drug-likeness (QED) is 0.359. The normalized spacial score (nSPS) is 14.1. The van der Waals surface area contributed by atoms with Gasteiger partial charge in [-0.15, -0.1) is 0 Å². The molecule has 1 aromatic rings. The fourth-order valence-corrected chi connectivity index (χ4v) is 2.95. The second kappa shape index (κ2) is 12.4.